The van der Waals surface area contributed by atoms with E-state index in [1.54, 1.807) is 20.2 Å². The summed E-state index contributed by atoms with van der Waals surface area (Å²) >= 11 is 3.43. The predicted octanol–water partition coefficient (Wildman–Crippen LogP) is 4.18. The van der Waals surface area contributed by atoms with Crippen LogP contribution in [0.5, 0.6) is 5.75 Å². The number of ether oxygens (including phenoxy) is 1. The van der Waals surface area contributed by atoms with Gasteiger partial charge >= 0.3 is 6.09 Å². The molecule has 2 aromatic rings. The monoisotopic (exact) mass is 319 g/mol. The Labute approximate surface area is 120 Å². The van der Waals surface area contributed by atoms with Gasteiger partial charge in [0, 0.05) is 14.1 Å². The van der Waals surface area contributed by atoms with Gasteiger partial charge in [-0.25, -0.2) is 4.79 Å². The van der Waals surface area contributed by atoms with Gasteiger partial charge in [0.15, 0.2) is 0 Å². The first-order chi connectivity index (χ1) is 9.08. The van der Waals surface area contributed by atoms with Gasteiger partial charge in [-0.15, -0.1) is 0 Å². The topological polar surface area (TPSA) is 29.5 Å². The molecule has 0 radical (unpaired) electrons. The molecule has 19 heavy (non-hydrogen) atoms. The first kappa shape index (κ1) is 13.6. The quantitative estimate of drug-likeness (QED) is 0.831. The van der Waals surface area contributed by atoms with Gasteiger partial charge in [0.2, 0.25) is 0 Å². The summed E-state index contributed by atoms with van der Waals surface area (Å²) in [5, 5.41) is 0. The van der Waals surface area contributed by atoms with Crippen LogP contribution in [0.3, 0.4) is 0 Å². The molecule has 0 unspecified atom stereocenters. The van der Waals surface area contributed by atoms with E-state index in [0.717, 1.165) is 15.6 Å². The highest BCUT2D eigenvalue weighted by molar-refractivity contribution is 9.10. The van der Waals surface area contributed by atoms with E-state index in [1.165, 1.54) is 4.90 Å². The van der Waals surface area contributed by atoms with Crippen LogP contribution in [0.15, 0.2) is 53.0 Å². The molecule has 0 aliphatic rings. The fraction of sp³-hybridized carbons (Fsp3) is 0.133. The fourth-order valence-electron chi connectivity index (χ4n) is 1.58. The Morgan fingerprint density at radius 3 is 2.32 bits per heavy atom. The molecule has 1 amide bonds. The summed E-state index contributed by atoms with van der Waals surface area (Å²) in [7, 11) is 3.29. The highest BCUT2D eigenvalue weighted by Crippen LogP contribution is 2.30. The average molecular weight is 320 g/mol. The van der Waals surface area contributed by atoms with Crippen LogP contribution in [0.2, 0.25) is 0 Å². The van der Waals surface area contributed by atoms with E-state index in [0.29, 0.717) is 5.75 Å². The van der Waals surface area contributed by atoms with Gasteiger partial charge < -0.3 is 9.64 Å². The first-order valence-electron chi connectivity index (χ1n) is 5.82. The Balaban J connectivity index is 2.25. The zero-order chi connectivity index (χ0) is 13.8. The molecule has 0 saturated heterocycles. The van der Waals surface area contributed by atoms with Crippen molar-refractivity contribution in [2.24, 2.45) is 0 Å². The van der Waals surface area contributed by atoms with Gasteiger partial charge in [-0.1, -0.05) is 36.4 Å². The Morgan fingerprint density at radius 2 is 1.74 bits per heavy atom. The van der Waals surface area contributed by atoms with E-state index < -0.39 is 6.09 Å². The molecule has 98 valence electrons. The van der Waals surface area contributed by atoms with E-state index >= 15 is 0 Å². The van der Waals surface area contributed by atoms with Crippen LogP contribution in [0.25, 0.3) is 11.1 Å². The first-order valence-corrected chi connectivity index (χ1v) is 6.61. The minimum atomic E-state index is -0.395. The van der Waals surface area contributed by atoms with Gasteiger partial charge in [0.1, 0.15) is 5.75 Å². The van der Waals surface area contributed by atoms with E-state index in [9.17, 15) is 4.79 Å². The van der Waals surface area contributed by atoms with Crippen molar-refractivity contribution in [3.63, 3.8) is 0 Å². The second kappa shape index (κ2) is 5.89. The van der Waals surface area contributed by atoms with Gasteiger partial charge in [0.05, 0.1) is 4.47 Å². The van der Waals surface area contributed by atoms with Crippen molar-refractivity contribution in [1.29, 1.82) is 0 Å². The van der Waals surface area contributed by atoms with Crippen LogP contribution >= 0.6 is 15.9 Å². The lowest BCUT2D eigenvalue weighted by atomic mass is 10.1. The Hall–Kier alpha value is -1.81. The smallest absolute Gasteiger partial charge is 0.409 e. The molecule has 0 aliphatic carbocycles. The molecule has 0 N–H and O–H groups in total. The molecular weight excluding hydrogens is 306 g/mol. The molecule has 0 fully saturated rings. The van der Waals surface area contributed by atoms with Crippen LogP contribution in [0, 0.1) is 0 Å². The van der Waals surface area contributed by atoms with E-state index in [1.807, 2.05) is 42.5 Å². The van der Waals surface area contributed by atoms with E-state index in [4.69, 9.17) is 4.74 Å². The number of hydrogen-bond acceptors (Lipinski definition) is 2. The summed E-state index contributed by atoms with van der Waals surface area (Å²) < 4.78 is 5.99. The Bertz CT molecular complexity index is 582. The minimum absolute atomic E-state index is 0.395. The molecule has 4 heteroatoms. The van der Waals surface area contributed by atoms with Crippen molar-refractivity contribution in [3.8, 4) is 16.9 Å². The number of carbonyl (C=O) groups excluding carboxylic acids is 1. The summed E-state index contributed by atoms with van der Waals surface area (Å²) in [6.07, 6.45) is -0.395. The molecule has 0 saturated carbocycles. The lowest BCUT2D eigenvalue weighted by Crippen LogP contribution is -2.25. The number of rotatable bonds is 2. The van der Waals surface area contributed by atoms with E-state index in [-0.39, 0.29) is 0 Å². The molecular formula is C15H14BrNO2. The van der Waals surface area contributed by atoms with Crippen molar-refractivity contribution >= 4 is 22.0 Å². The summed E-state index contributed by atoms with van der Waals surface area (Å²) in [6.45, 7) is 0. The van der Waals surface area contributed by atoms with Crippen LogP contribution in [-0.4, -0.2) is 25.1 Å². The molecule has 2 aromatic carbocycles. The second-order valence-electron chi connectivity index (χ2n) is 4.27. The molecule has 0 heterocycles. The molecule has 0 atom stereocenters. The van der Waals surface area contributed by atoms with Crippen LogP contribution in [0.1, 0.15) is 0 Å². The van der Waals surface area contributed by atoms with Crippen molar-refractivity contribution in [2.45, 2.75) is 0 Å². The summed E-state index contributed by atoms with van der Waals surface area (Å²) in [6, 6.07) is 15.7. The fourth-order valence-corrected chi connectivity index (χ4v) is 2.04. The number of nitrogens with zero attached hydrogens (tertiary/aromatic N) is 1. The molecule has 3 nitrogen and oxygen atoms in total. The SMILES string of the molecule is CN(C)C(=O)Oc1ccc(-c2ccccc2)cc1Br. The van der Waals surface area contributed by atoms with Crippen LogP contribution < -0.4 is 4.74 Å². The minimum Gasteiger partial charge on any atom is -0.409 e. The summed E-state index contributed by atoms with van der Waals surface area (Å²) in [5.41, 5.74) is 2.19. The number of hydrogen-bond donors (Lipinski definition) is 0. The number of carbonyl (C=O) groups is 1. The van der Waals surface area contributed by atoms with Gasteiger partial charge in [-0.2, -0.15) is 0 Å². The lowest BCUT2D eigenvalue weighted by molar-refractivity contribution is 0.171. The predicted molar refractivity (Wildman–Crippen MR) is 79.3 cm³/mol. The van der Waals surface area contributed by atoms with Crippen molar-refractivity contribution < 1.29 is 9.53 Å². The third-order valence-corrected chi connectivity index (χ3v) is 3.22. The van der Waals surface area contributed by atoms with Crippen LogP contribution in [-0.2, 0) is 0 Å². The van der Waals surface area contributed by atoms with Crippen molar-refractivity contribution in [2.75, 3.05) is 14.1 Å². The number of benzene rings is 2. The number of amides is 1. The molecule has 0 aliphatic heterocycles. The third-order valence-electron chi connectivity index (χ3n) is 2.60. The van der Waals surface area contributed by atoms with Crippen LogP contribution in [0.4, 0.5) is 4.79 Å². The largest absolute Gasteiger partial charge is 0.414 e. The highest BCUT2D eigenvalue weighted by atomic mass is 79.9. The Morgan fingerprint density at radius 1 is 1.05 bits per heavy atom. The summed E-state index contributed by atoms with van der Waals surface area (Å²) in [4.78, 5) is 12.9. The van der Waals surface area contributed by atoms with Gasteiger partial charge in [-0.05, 0) is 39.2 Å². The lowest BCUT2D eigenvalue weighted by Gasteiger charge is -2.12. The van der Waals surface area contributed by atoms with Gasteiger partial charge in [0.25, 0.3) is 0 Å². The average Bonchev–Trinajstić information content (AvgIpc) is 2.41. The van der Waals surface area contributed by atoms with Crippen molar-refractivity contribution in [1.82, 2.24) is 4.90 Å². The standard InChI is InChI=1S/C15H14BrNO2/c1-17(2)15(18)19-14-9-8-12(10-13(14)16)11-6-4-3-5-7-11/h3-10H,1-2H3. The molecule has 0 bridgehead atoms. The maximum Gasteiger partial charge on any atom is 0.414 e. The van der Waals surface area contributed by atoms with Gasteiger partial charge in [-0.3, -0.25) is 0 Å². The normalized spacial score (nSPS) is 10.1. The zero-order valence-corrected chi connectivity index (χ0v) is 12.3. The Kier molecular flexibility index (Phi) is 4.22. The highest BCUT2D eigenvalue weighted by Gasteiger charge is 2.10. The maximum atomic E-state index is 11.5. The van der Waals surface area contributed by atoms with E-state index in [2.05, 4.69) is 15.9 Å². The molecule has 2 rings (SSSR count). The maximum absolute atomic E-state index is 11.5. The second-order valence-corrected chi connectivity index (χ2v) is 5.13. The third kappa shape index (κ3) is 3.35. The number of halogens is 1. The summed E-state index contributed by atoms with van der Waals surface area (Å²) in [5.74, 6) is 0.512. The zero-order valence-electron chi connectivity index (χ0n) is 10.8. The van der Waals surface area contributed by atoms with Crippen molar-refractivity contribution in [3.05, 3.63) is 53.0 Å². The molecule has 0 aromatic heterocycles. The molecule has 0 spiro atoms.